The Hall–Kier alpha value is -1.70. The van der Waals surface area contributed by atoms with Gasteiger partial charge in [-0.25, -0.2) is 9.97 Å². The van der Waals surface area contributed by atoms with E-state index in [1.807, 2.05) is 18.2 Å². The van der Waals surface area contributed by atoms with Crippen LogP contribution in [0.2, 0.25) is 0 Å². The molecule has 1 N–H and O–H groups in total. The van der Waals surface area contributed by atoms with E-state index in [4.69, 9.17) is 4.74 Å². The summed E-state index contributed by atoms with van der Waals surface area (Å²) in [5.74, 6) is 1.31. The fraction of sp³-hybridized carbons (Fsp3) is 0.154. The minimum atomic E-state index is 0.0616. The summed E-state index contributed by atoms with van der Waals surface area (Å²) in [5.41, 5.74) is 1.95. The summed E-state index contributed by atoms with van der Waals surface area (Å²) < 4.78 is 6.58. The number of hydrogen-bond acceptors (Lipinski definition) is 4. The van der Waals surface area contributed by atoms with E-state index < -0.39 is 0 Å². The molecule has 2 heterocycles. The second kappa shape index (κ2) is 5.12. The predicted octanol–water partition coefficient (Wildman–Crippen LogP) is 2.76. The summed E-state index contributed by atoms with van der Waals surface area (Å²) in [7, 11) is 0. The van der Waals surface area contributed by atoms with Gasteiger partial charge >= 0.3 is 0 Å². The highest BCUT2D eigenvalue weighted by atomic mass is 127. The molecule has 1 amide bonds. The summed E-state index contributed by atoms with van der Waals surface area (Å²) in [5, 5.41) is 2.84. The van der Waals surface area contributed by atoms with Crippen LogP contribution in [-0.2, 0) is 11.2 Å². The van der Waals surface area contributed by atoms with Gasteiger partial charge < -0.3 is 10.1 Å². The Balaban J connectivity index is 1.87. The van der Waals surface area contributed by atoms with Crippen molar-refractivity contribution in [3.8, 4) is 11.6 Å². The molecule has 0 radical (unpaired) electrons. The van der Waals surface area contributed by atoms with E-state index in [-0.39, 0.29) is 5.91 Å². The fourth-order valence-electron chi connectivity index (χ4n) is 1.91. The largest absolute Gasteiger partial charge is 0.438 e. The van der Waals surface area contributed by atoms with Gasteiger partial charge in [0.15, 0.2) is 0 Å². The Morgan fingerprint density at radius 3 is 3.05 bits per heavy atom. The highest BCUT2D eigenvalue weighted by Gasteiger charge is 2.15. The third-order valence-electron chi connectivity index (χ3n) is 2.82. The summed E-state index contributed by atoms with van der Waals surface area (Å²) in [6.45, 7) is 0. The van der Waals surface area contributed by atoms with Gasteiger partial charge in [0.25, 0.3) is 0 Å². The van der Waals surface area contributed by atoms with Gasteiger partial charge in [0.1, 0.15) is 12.1 Å². The van der Waals surface area contributed by atoms with Crippen molar-refractivity contribution in [2.45, 2.75) is 12.8 Å². The maximum atomic E-state index is 11.3. The van der Waals surface area contributed by atoms with Crippen molar-refractivity contribution in [1.29, 1.82) is 0 Å². The van der Waals surface area contributed by atoms with Gasteiger partial charge in [0, 0.05) is 18.3 Å². The first-order valence-electron chi connectivity index (χ1n) is 5.78. The zero-order valence-electron chi connectivity index (χ0n) is 9.89. The molecule has 0 unspecified atom stereocenters. The molecule has 1 aliphatic heterocycles. The Morgan fingerprint density at radius 1 is 1.32 bits per heavy atom. The van der Waals surface area contributed by atoms with E-state index in [1.54, 1.807) is 6.20 Å². The minimum Gasteiger partial charge on any atom is -0.438 e. The zero-order valence-corrected chi connectivity index (χ0v) is 12.0. The van der Waals surface area contributed by atoms with Crippen LogP contribution in [0.25, 0.3) is 0 Å². The van der Waals surface area contributed by atoms with Crippen LogP contribution in [0.1, 0.15) is 12.0 Å². The van der Waals surface area contributed by atoms with E-state index in [1.165, 1.54) is 6.33 Å². The van der Waals surface area contributed by atoms with Gasteiger partial charge in [0.05, 0.1) is 3.57 Å². The number of aryl methyl sites for hydroxylation is 1. The van der Waals surface area contributed by atoms with Crippen LogP contribution in [0, 0.1) is 3.57 Å². The van der Waals surface area contributed by atoms with Crippen LogP contribution >= 0.6 is 22.6 Å². The quantitative estimate of drug-likeness (QED) is 0.830. The Kier molecular flexibility index (Phi) is 3.33. The molecular weight excluding hydrogens is 357 g/mol. The SMILES string of the molecule is O=C1CCc2cc(Oc3ncncc3I)ccc2N1. The standard InChI is InChI=1S/C13H10IN3O2/c14-10-6-15-7-16-13(10)19-9-2-3-11-8(5-9)1-4-12(18)17-11/h2-3,5-7H,1,4H2,(H,17,18). The predicted molar refractivity (Wildman–Crippen MR) is 78.2 cm³/mol. The second-order valence-corrected chi connectivity index (χ2v) is 5.31. The number of carbonyl (C=O) groups is 1. The van der Waals surface area contributed by atoms with Crippen LogP contribution in [-0.4, -0.2) is 15.9 Å². The molecule has 0 bridgehead atoms. The number of benzene rings is 1. The maximum Gasteiger partial charge on any atom is 0.235 e. The zero-order chi connectivity index (χ0) is 13.2. The lowest BCUT2D eigenvalue weighted by Gasteiger charge is -2.17. The molecule has 5 nitrogen and oxygen atoms in total. The van der Waals surface area contributed by atoms with Crippen LogP contribution in [0.4, 0.5) is 5.69 Å². The molecule has 0 saturated heterocycles. The maximum absolute atomic E-state index is 11.3. The van der Waals surface area contributed by atoms with Crippen molar-refractivity contribution in [3.63, 3.8) is 0 Å². The fourth-order valence-corrected chi connectivity index (χ4v) is 2.32. The van der Waals surface area contributed by atoms with Crippen molar-refractivity contribution in [1.82, 2.24) is 9.97 Å². The molecule has 2 aromatic rings. The van der Waals surface area contributed by atoms with Crippen molar-refractivity contribution in [3.05, 3.63) is 39.9 Å². The molecule has 0 atom stereocenters. The molecule has 1 aromatic carbocycles. The number of nitrogens with zero attached hydrogens (tertiary/aromatic N) is 2. The molecule has 3 rings (SSSR count). The van der Waals surface area contributed by atoms with Crippen LogP contribution < -0.4 is 10.1 Å². The monoisotopic (exact) mass is 367 g/mol. The van der Waals surface area contributed by atoms with Gasteiger partial charge in [-0.05, 0) is 52.8 Å². The van der Waals surface area contributed by atoms with Crippen molar-refractivity contribution < 1.29 is 9.53 Å². The number of hydrogen-bond donors (Lipinski definition) is 1. The molecule has 1 aromatic heterocycles. The van der Waals surface area contributed by atoms with Gasteiger partial charge in [-0.1, -0.05) is 0 Å². The number of carbonyl (C=O) groups excluding carboxylic acids is 1. The second-order valence-electron chi connectivity index (χ2n) is 4.15. The van der Waals surface area contributed by atoms with Gasteiger partial charge in [-0.2, -0.15) is 0 Å². The van der Waals surface area contributed by atoms with Crippen LogP contribution in [0.5, 0.6) is 11.6 Å². The number of amides is 1. The van der Waals surface area contributed by atoms with Gasteiger partial charge in [-0.3, -0.25) is 4.79 Å². The number of aromatic nitrogens is 2. The first-order valence-corrected chi connectivity index (χ1v) is 6.86. The first kappa shape index (κ1) is 12.3. The lowest BCUT2D eigenvalue weighted by atomic mass is 10.0. The van der Waals surface area contributed by atoms with E-state index in [0.717, 1.165) is 21.2 Å². The van der Waals surface area contributed by atoms with Crippen molar-refractivity contribution in [2.75, 3.05) is 5.32 Å². The van der Waals surface area contributed by atoms with Crippen LogP contribution in [0.3, 0.4) is 0 Å². The molecule has 6 heteroatoms. The first-order chi connectivity index (χ1) is 9.22. The normalized spacial score (nSPS) is 13.6. The molecule has 19 heavy (non-hydrogen) atoms. The minimum absolute atomic E-state index is 0.0616. The number of fused-ring (bicyclic) bond motifs is 1. The third-order valence-corrected chi connectivity index (χ3v) is 3.56. The number of halogens is 1. The number of anilines is 1. The highest BCUT2D eigenvalue weighted by Crippen LogP contribution is 2.30. The number of ether oxygens (including phenoxy) is 1. The molecule has 0 fully saturated rings. The average Bonchev–Trinajstić information content (AvgIpc) is 2.41. The van der Waals surface area contributed by atoms with Gasteiger partial charge in [-0.15, -0.1) is 0 Å². The Labute approximate surface area is 123 Å². The number of nitrogens with one attached hydrogen (secondary N) is 1. The molecular formula is C13H10IN3O2. The molecule has 0 saturated carbocycles. The third kappa shape index (κ3) is 2.67. The highest BCUT2D eigenvalue weighted by molar-refractivity contribution is 14.1. The smallest absolute Gasteiger partial charge is 0.235 e. The summed E-state index contributed by atoms with van der Waals surface area (Å²) in [6, 6.07) is 5.62. The summed E-state index contributed by atoms with van der Waals surface area (Å²) in [6.07, 6.45) is 4.40. The lowest BCUT2D eigenvalue weighted by molar-refractivity contribution is -0.116. The Morgan fingerprint density at radius 2 is 2.21 bits per heavy atom. The van der Waals surface area contributed by atoms with Crippen molar-refractivity contribution in [2.24, 2.45) is 0 Å². The average molecular weight is 367 g/mol. The summed E-state index contributed by atoms with van der Waals surface area (Å²) >= 11 is 2.13. The number of rotatable bonds is 2. The molecule has 0 aliphatic carbocycles. The van der Waals surface area contributed by atoms with E-state index in [2.05, 4.69) is 37.9 Å². The van der Waals surface area contributed by atoms with Crippen molar-refractivity contribution >= 4 is 34.2 Å². The van der Waals surface area contributed by atoms with E-state index >= 15 is 0 Å². The van der Waals surface area contributed by atoms with E-state index in [0.29, 0.717) is 18.1 Å². The topological polar surface area (TPSA) is 64.1 Å². The molecule has 96 valence electrons. The van der Waals surface area contributed by atoms with E-state index in [9.17, 15) is 4.79 Å². The molecule has 0 spiro atoms. The van der Waals surface area contributed by atoms with Gasteiger partial charge in [0.2, 0.25) is 11.8 Å². The summed E-state index contributed by atoms with van der Waals surface area (Å²) in [4.78, 5) is 19.3. The Bertz CT molecular complexity index is 646. The van der Waals surface area contributed by atoms with Crippen LogP contribution in [0.15, 0.2) is 30.7 Å². The molecule has 1 aliphatic rings. The lowest BCUT2D eigenvalue weighted by Crippen LogP contribution is -2.18.